The highest BCUT2D eigenvalue weighted by Gasteiger charge is 2.27. The topological polar surface area (TPSA) is 74.2 Å². The number of hydrogen-bond donors (Lipinski definition) is 1. The number of halogens is 3. The first-order valence-electron chi connectivity index (χ1n) is 4.95. The Morgan fingerprint density at radius 2 is 2.00 bits per heavy atom. The Kier molecular flexibility index (Phi) is 4.10. The van der Waals surface area contributed by atoms with E-state index in [1.54, 1.807) is 13.8 Å². The number of aromatic nitrogens is 2. The van der Waals surface area contributed by atoms with Gasteiger partial charge in [-0.25, -0.2) is 0 Å². The van der Waals surface area contributed by atoms with Crippen molar-refractivity contribution in [1.82, 2.24) is 10.1 Å². The maximum Gasteiger partial charge on any atom is 0.411 e. The molecule has 1 heterocycles. The molecule has 1 rings (SSSR count). The smallest absolute Gasteiger partial charge is 0.372 e. The van der Waals surface area contributed by atoms with E-state index in [1.807, 2.05) is 0 Å². The van der Waals surface area contributed by atoms with Gasteiger partial charge in [-0.3, -0.25) is 0 Å². The van der Waals surface area contributed by atoms with Crippen molar-refractivity contribution in [2.24, 2.45) is 5.73 Å². The van der Waals surface area contributed by atoms with E-state index in [-0.39, 0.29) is 24.7 Å². The molecule has 0 bridgehead atoms. The van der Waals surface area contributed by atoms with Crippen molar-refractivity contribution in [2.75, 3.05) is 13.2 Å². The molecule has 0 unspecified atom stereocenters. The van der Waals surface area contributed by atoms with Crippen molar-refractivity contribution < 1.29 is 22.4 Å². The molecule has 98 valence electrons. The first-order chi connectivity index (χ1) is 7.68. The second kappa shape index (κ2) is 5.01. The van der Waals surface area contributed by atoms with Crippen molar-refractivity contribution in [3.63, 3.8) is 0 Å². The van der Waals surface area contributed by atoms with Crippen LogP contribution >= 0.6 is 0 Å². The number of nitrogens with zero attached hydrogens (tertiary/aromatic N) is 2. The van der Waals surface area contributed by atoms with Gasteiger partial charge in [-0.1, -0.05) is 5.16 Å². The fraction of sp³-hybridized carbons (Fsp3) is 0.778. The lowest BCUT2D eigenvalue weighted by Crippen LogP contribution is -2.29. The zero-order valence-corrected chi connectivity index (χ0v) is 9.54. The van der Waals surface area contributed by atoms with Gasteiger partial charge in [-0.15, -0.1) is 0 Å². The van der Waals surface area contributed by atoms with Crippen molar-refractivity contribution >= 4 is 0 Å². The van der Waals surface area contributed by atoms with Crippen LogP contribution in [0.1, 0.15) is 25.6 Å². The molecule has 0 aliphatic rings. The number of alkyl halides is 3. The molecule has 0 spiro atoms. The molecule has 0 aliphatic carbocycles. The van der Waals surface area contributed by atoms with Crippen molar-refractivity contribution in [1.29, 1.82) is 0 Å². The summed E-state index contributed by atoms with van der Waals surface area (Å²) >= 11 is 0. The van der Waals surface area contributed by atoms with Crippen molar-refractivity contribution in [2.45, 2.75) is 32.0 Å². The van der Waals surface area contributed by atoms with Gasteiger partial charge in [0.05, 0.1) is 12.1 Å². The van der Waals surface area contributed by atoms with E-state index in [4.69, 9.17) is 10.3 Å². The number of nitrogens with two attached hydrogens (primary N) is 1. The first kappa shape index (κ1) is 13.9. The summed E-state index contributed by atoms with van der Waals surface area (Å²) in [7, 11) is 0. The SMILES string of the molecule is CC(C)(N)c1nc(CCOCC(F)(F)F)no1. The molecule has 0 fully saturated rings. The van der Waals surface area contributed by atoms with Gasteiger partial charge in [0.2, 0.25) is 5.89 Å². The van der Waals surface area contributed by atoms with Crippen molar-refractivity contribution in [3.05, 3.63) is 11.7 Å². The molecule has 2 N–H and O–H groups in total. The molecule has 0 saturated heterocycles. The Balaban J connectivity index is 2.36. The van der Waals surface area contributed by atoms with E-state index in [9.17, 15) is 13.2 Å². The van der Waals surface area contributed by atoms with Gasteiger partial charge in [0.15, 0.2) is 5.82 Å². The molecule has 0 atom stereocenters. The summed E-state index contributed by atoms with van der Waals surface area (Å²) in [6.45, 7) is 1.97. The van der Waals surface area contributed by atoms with Crippen LogP contribution in [0.4, 0.5) is 13.2 Å². The van der Waals surface area contributed by atoms with Crippen LogP contribution in [0, 0.1) is 0 Å². The van der Waals surface area contributed by atoms with E-state index in [0.29, 0.717) is 0 Å². The van der Waals surface area contributed by atoms with E-state index >= 15 is 0 Å². The molecular formula is C9H14F3N3O2. The summed E-state index contributed by atoms with van der Waals surface area (Å²) in [6, 6.07) is 0. The molecule has 0 aliphatic heterocycles. The molecule has 0 amide bonds. The molecule has 0 radical (unpaired) electrons. The minimum atomic E-state index is -4.32. The van der Waals surface area contributed by atoms with Gasteiger partial charge in [-0.05, 0) is 13.8 Å². The molecule has 5 nitrogen and oxygen atoms in total. The minimum Gasteiger partial charge on any atom is -0.372 e. The maximum atomic E-state index is 11.8. The third-order valence-electron chi connectivity index (χ3n) is 1.76. The minimum absolute atomic E-state index is 0.122. The summed E-state index contributed by atoms with van der Waals surface area (Å²) in [6.07, 6.45) is -4.17. The summed E-state index contributed by atoms with van der Waals surface area (Å²) in [5.74, 6) is 0.518. The number of hydrogen-bond acceptors (Lipinski definition) is 5. The zero-order chi connectivity index (χ0) is 13.1. The van der Waals surface area contributed by atoms with E-state index < -0.39 is 18.3 Å². The summed E-state index contributed by atoms with van der Waals surface area (Å²) < 4.78 is 44.5. The van der Waals surface area contributed by atoms with Gasteiger partial charge in [0, 0.05) is 6.42 Å². The van der Waals surface area contributed by atoms with Crippen LogP contribution in [0.2, 0.25) is 0 Å². The highest BCUT2D eigenvalue weighted by Crippen LogP contribution is 2.15. The van der Waals surface area contributed by atoms with Crippen LogP contribution < -0.4 is 5.73 Å². The lowest BCUT2D eigenvalue weighted by atomic mass is 10.1. The average molecular weight is 253 g/mol. The molecule has 0 aromatic carbocycles. The fourth-order valence-electron chi connectivity index (χ4n) is 0.969. The fourth-order valence-corrected chi connectivity index (χ4v) is 0.969. The third kappa shape index (κ3) is 5.14. The van der Waals surface area contributed by atoms with Crippen LogP contribution in [-0.4, -0.2) is 29.5 Å². The molecule has 1 aromatic heterocycles. The van der Waals surface area contributed by atoms with Crippen LogP contribution in [0.25, 0.3) is 0 Å². The second-order valence-corrected chi connectivity index (χ2v) is 4.16. The van der Waals surface area contributed by atoms with E-state index in [1.165, 1.54) is 0 Å². The van der Waals surface area contributed by atoms with Gasteiger partial charge in [0.25, 0.3) is 0 Å². The molecule has 17 heavy (non-hydrogen) atoms. The normalized spacial score (nSPS) is 13.1. The van der Waals surface area contributed by atoms with Crippen LogP contribution in [0.15, 0.2) is 4.52 Å². The summed E-state index contributed by atoms with van der Waals surface area (Å²) in [4.78, 5) is 3.95. The van der Waals surface area contributed by atoms with Crippen molar-refractivity contribution in [3.8, 4) is 0 Å². The van der Waals surface area contributed by atoms with E-state index in [2.05, 4.69) is 14.9 Å². The first-order valence-corrected chi connectivity index (χ1v) is 4.95. The Morgan fingerprint density at radius 3 is 2.47 bits per heavy atom. The Labute approximate surface area is 96.1 Å². The Hall–Kier alpha value is -1.15. The second-order valence-electron chi connectivity index (χ2n) is 4.16. The molecule has 0 saturated carbocycles. The lowest BCUT2D eigenvalue weighted by Gasteiger charge is -2.10. The van der Waals surface area contributed by atoms with Crippen LogP contribution in [0.3, 0.4) is 0 Å². The summed E-state index contributed by atoms with van der Waals surface area (Å²) in [5.41, 5.74) is 4.94. The zero-order valence-electron chi connectivity index (χ0n) is 9.54. The largest absolute Gasteiger partial charge is 0.411 e. The number of ether oxygens (including phenoxy) is 1. The predicted molar refractivity (Wildman–Crippen MR) is 52.1 cm³/mol. The molecule has 1 aromatic rings. The third-order valence-corrected chi connectivity index (χ3v) is 1.76. The Bertz CT molecular complexity index is 357. The van der Waals surface area contributed by atoms with Gasteiger partial charge < -0.3 is 15.0 Å². The van der Waals surface area contributed by atoms with Crippen LogP contribution in [0.5, 0.6) is 0 Å². The number of rotatable bonds is 5. The van der Waals surface area contributed by atoms with Crippen LogP contribution in [-0.2, 0) is 16.7 Å². The Morgan fingerprint density at radius 1 is 1.35 bits per heavy atom. The summed E-state index contributed by atoms with van der Waals surface area (Å²) in [5, 5.41) is 3.59. The maximum absolute atomic E-state index is 11.8. The van der Waals surface area contributed by atoms with Gasteiger partial charge >= 0.3 is 6.18 Å². The van der Waals surface area contributed by atoms with Gasteiger partial charge in [0.1, 0.15) is 6.61 Å². The predicted octanol–water partition coefficient (Wildman–Crippen LogP) is 1.38. The monoisotopic (exact) mass is 253 g/mol. The highest BCUT2D eigenvalue weighted by molar-refractivity contribution is 4.97. The molecular weight excluding hydrogens is 239 g/mol. The van der Waals surface area contributed by atoms with Gasteiger partial charge in [-0.2, -0.15) is 18.2 Å². The van der Waals surface area contributed by atoms with E-state index in [0.717, 1.165) is 0 Å². The standard InChI is InChI=1S/C9H14F3N3O2/c1-8(2,13)7-14-6(15-17-7)3-4-16-5-9(10,11)12/h3-5,13H2,1-2H3. The lowest BCUT2D eigenvalue weighted by molar-refractivity contribution is -0.173. The molecule has 8 heteroatoms. The highest BCUT2D eigenvalue weighted by atomic mass is 19.4. The quantitative estimate of drug-likeness (QED) is 0.802. The average Bonchev–Trinajstić information content (AvgIpc) is 2.58.